The third-order valence-corrected chi connectivity index (χ3v) is 5.70. The van der Waals surface area contributed by atoms with E-state index in [2.05, 4.69) is 32.0 Å². The minimum Gasteiger partial charge on any atom is -0.299 e. The van der Waals surface area contributed by atoms with Crippen LogP contribution in [0.2, 0.25) is 0 Å². The van der Waals surface area contributed by atoms with Gasteiger partial charge in [0, 0.05) is 11.8 Å². The minimum absolute atomic E-state index is 0.212. The normalized spacial score (nSPS) is 30.7. The quantitative estimate of drug-likeness (QED) is 0.842. The molecule has 0 amide bonds. The fourth-order valence-electron chi connectivity index (χ4n) is 3.90. The molecule has 1 aromatic rings. The van der Waals surface area contributed by atoms with Crippen molar-refractivity contribution in [3.05, 3.63) is 47.0 Å². The molecule has 0 heterocycles. The zero-order chi connectivity index (χ0) is 16.0. The number of fused-ring (bicyclic) bond motifs is 1. The van der Waals surface area contributed by atoms with Crippen LogP contribution in [0.4, 0.5) is 0 Å². The first-order valence-electron chi connectivity index (χ1n) is 8.19. The third-order valence-electron chi connectivity index (χ3n) is 5.70. The molecule has 2 nitrogen and oxygen atoms in total. The maximum absolute atomic E-state index is 12.7. The number of hydrogen-bond acceptors (Lipinski definition) is 2. The van der Waals surface area contributed by atoms with Crippen molar-refractivity contribution in [3.63, 3.8) is 0 Å². The predicted molar refractivity (Wildman–Crippen MR) is 88.0 cm³/mol. The number of hydrogen-bond donors (Lipinski definition) is 0. The molecule has 0 aliphatic heterocycles. The fraction of sp³-hybridized carbons (Fsp3) is 0.500. The number of ketones is 2. The highest BCUT2D eigenvalue weighted by molar-refractivity contribution is 5.97. The Morgan fingerprint density at radius 1 is 1.09 bits per heavy atom. The van der Waals surface area contributed by atoms with Crippen LogP contribution in [0.15, 0.2) is 30.4 Å². The molecule has 0 unspecified atom stereocenters. The number of carbonyl (C=O) groups excluding carboxylic acids is 2. The minimum atomic E-state index is -0.437. The first-order valence-corrected chi connectivity index (χ1v) is 8.19. The van der Waals surface area contributed by atoms with E-state index < -0.39 is 5.41 Å². The number of benzene rings is 1. The van der Waals surface area contributed by atoms with Gasteiger partial charge >= 0.3 is 0 Å². The zero-order valence-electron chi connectivity index (χ0n) is 13.7. The van der Waals surface area contributed by atoms with Gasteiger partial charge in [-0.15, -0.1) is 0 Å². The van der Waals surface area contributed by atoms with Crippen LogP contribution in [0.3, 0.4) is 0 Å². The summed E-state index contributed by atoms with van der Waals surface area (Å²) in [4.78, 5) is 24.7. The summed E-state index contributed by atoms with van der Waals surface area (Å²) in [5.74, 6) is 0.536. The highest BCUT2D eigenvalue weighted by Gasteiger charge is 2.42. The maximum Gasteiger partial charge on any atom is 0.161 e. The predicted octanol–water partition coefficient (Wildman–Crippen LogP) is 4.08. The Kier molecular flexibility index (Phi) is 3.58. The maximum atomic E-state index is 12.7. The number of aryl methyl sites for hydroxylation is 2. The lowest BCUT2D eigenvalue weighted by Crippen LogP contribution is -2.39. The van der Waals surface area contributed by atoms with Gasteiger partial charge in [-0.2, -0.15) is 0 Å². The van der Waals surface area contributed by atoms with Gasteiger partial charge in [-0.1, -0.05) is 36.8 Å². The number of carbonyl (C=O) groups is 2. The summed E-state index contributed by atoms with van der Waals surface area (Å²) in [6, 6.07) is 6.43. The molecular weight excluding hydrogens is 272 g/mol. The van der Waals surface area contributed by atoms with Crippen molar-refractivity contribution in [2.45, 2.75) is 58.3 Å². The van der Waals surface area contributed by atoms with Crippen molar-refractivity contribution >= 4 is 11.6 Å². The van der Waals surface area contributed by atoms with Crippen molar-refractivity contribution in [2.75, 3.05) is 0 Å². The van der Waals surface area contributed by atoms with E-state index in [9.17, 15) is 9.59 Å². The van der Waals surface area contributed by atoms with E-state index in [0.717, 1.165) is 25.7 Å². The van der Waals surface area contributed by atoms with Crippen molar-refractivity contribution in [3.8, 4) is 0 Å². The molecule has 0 saturated heterocycles. The van der Waals surface area contributed by atoms with E-state index in [1.807, 2.05) is 13.0 Å². The van der Waals surface area contributed by atoms with Crippen LogP contribution in [0, 0.1) is 12.3 Å². The molecule has 0 bridgehead atoms. The molecule has 116 valence electrons. The highest BCUT2D eigenvalue weighted by atomic mass is 16.1. The number of rotatable bonds is 3. The highest BCUT2D eigenvalue weighted by Crippen LogP contribution is 2.43. The van der Waals surface area contributed by atoms with Gasteiger partial charge in [0.15, 0.2) is 5.78 Å². The molecule has 2 heteroatoms. The molecule has 1 aromatic carbocycles. The van der Waals surface area contributed by atoms with Crippen molar-refractivity contribution in [1.82, 2.24) is 0 Å². The van der Waals surface area contributed by atoms with E-state index in [-0.39, 0.29) is 11.2 Å². The van der Waals surface area contributed by atoms with E-state index in [1.165, 1.54) is 16.7 Å². The van der Waals surface area contributed by atoms with Crippen LogP contribution in [-0.4, -0.2) is 11.6 Å². The van der Waals surface area contributed by atoms with Gasteiger partial charge < -0.3 is 0 Å². The Bertz CT molecular complexity index is 670. The lowest BCUT2D eigenvalue weighted by atomic mass is 9.65. The molecule has 0 radical (unpaired) electrons. The van der Waals surface area contributed by atoms with Crippen LogP contribution >= 0.6 is 0 Å². The van der Waals surface area contributed by atoms with Gasteiger partial charge in [-0.3, -0.25) is 9.59 Å². The molecule has 0 N–H and O–H groups in total. The first kappa shape index (κ1) is 15.2. The van der Waals surface area contributed by atoms with E-state index in [1.54, 1.807) is 6.08 Å². The first-order chi connectivity index (χ1) is 10.3. The van der Waals surface area contributed by atoms with Crippen LogP contribution in [0.1, 0.15) is 56.2 Å². The molecule has 2 aliphatic carbocycles. The van der Waals surface area contributed by atoms with E-state index in [4.69, 9.17) is 0 Å². The second kappa shape index (κ2) is 5.19. The van der Waals surface area contributed by atoms with Gasteiger partial charge in [0.05, 0.1) is 5.41 Å². The fourth-order valence-corrected chi connectivity index (χ4v) is 3.90. The van der Waals surface area contributed by atoms with Crippen LogP contribution in [0.5, 0.6) is 0 Å². The SMILES string of the molecule is Cc1ccc2c(c1)CCC(=O)[C@@]2(C)CC[C@@]1(C)CC=CC1=O. The molecule has 0 aromatic heterocycles. The summed E-state index contributed by atoms with van der Waals surface area (Å²) < 4.78 is 0. The van der Waals surface area contributed by atoms with Gasteiger partial charge in [0.25, 0.3) is 0 Å². The summed E-state index contributed by atoms with van der Waals surface area (Å²) in [7, 11) is 0. The Hall–Kier alpha value is -1.70. The summed E-state index contributed by atoms with van der Waals surface area (Å²) in [5, 5.41) is 0. The van der Waals surface area contributed by atoms with Crippen LogP contribution in [0.25, 0.3) is 0 Å². The Balaban J connectivity index is 1.89. The molecule has 2 aliphatic rings. The summed E-state index contributed by atoms with van der Waals surface area (Å²) in [6.07, 6.45) is 7.46. The molecular formula is C20H24O2. The number of Topliss-reactive ketones (excluding diaryl/α,β-unsaturated/α-hetero) is 1. The summed E-state index contributed by atoms with van der Waals surface area (Å²) in [5.41, 5.74) is 2.98. The lowest BCUT2D eigenvalue weighted by Gasteiger charge is -2.37. The monoisotopic (exact) mass is 296 g/mol. The average molecular weight is 296 g/mol. The van der Waals surface area contributed by atoms with Crippen molar-refractivity contribution in [2.24, 2.45) is 5.41 Å². The second-order valence-corrected chi connectivity index (χ2v) is 7.45. The Morgan fingerprint density at radius 2 is 1.86 bits per heavy atom. The van der Waals surface area contributed by atoms with Gasteiger partial charge in [-0.25, -0.2) is 0 Å². The standard InChI is InChI=1S/C20H24O2/c1-14-6-8-16-15(13-14)7-9-18(22)20(16,3)12-11-19(2)10-4-5-17(19)21/h4-6,8,13H,7,9-12H2,1-3H3/t19-,20+/m1/s1. The largest absolute Gasteiger partial charge is 0.299 e. The molecule has 2 atom stereocenters. The zero-order valence-corrected chi connectivity index (χ0v) is 13.7. The molecule has 22 heavy (non-hydrogen) atoms. The molecule has 0 fully saturated rings. The topological polar surface area (TPSA) is 34.1 Å². The molecule has 0 spiro atoms. The lowest BCUT2D eigenvalue weighted by molar-refractivity contribution is -0.127. The Labute approximate surface area is 132 Å². The Morgan fingerprint density at radius 3 is 2.55 bits per heavy atom. The van der Waals surface area contributed by atoms with E-state index >= 15 is 0 Å². The smallest absolute Gasteiger partial charge is 0.161 e. The van der Waals surface area contributed by atoms with Gasteiger partial charge in [0.1, 0.15) is 5.78 Å². The number of allylic oxidation sites excluding steroid dienone is 2. The second-order valence-electron chi connectivity index (χ2n) is 7.45. The molecule has 3 rings (SSSR count). The van der Waals surface area contributed by atoms with Crippen molar-refractivity contribution in [1.29, 1.82) is 0 Å². The van der Waals surface area contributed by atoms with Crippen LogP contribution < -0.4 is 0 Å². The summed E-state index contributed by atoms with van der Waals surface area (Å²) >= 11 is 0. The van der Waals surface area contributed by atoms with Crippen LogP contribution in [-0.2, 0) is 21.4 Å². The van der Waals surface area contributed by atoms with E-state index in [0.29, 0.717) is 12.2 Å². The summed E-state index contributed by atoms with van der Waals surface area (Å²) in [6.45, 7) is 6.19. The average Bonchev–Trinajstić information content (AvgIpc) is 2.81. The third kappa shape index (κ3) is 2.35. The van der Waals surface area contributed by atoms with Crippen molar-refractivity contribution < 1.29 is 9.59 Å². The molecule has 0 saturated carbocycles. The van der Waals surface area contributed by atoms with Gasteiger partial charge in [-0.05, 0) is 56.7 Å². The van der Waals surface area contributed by atoms with Gasteiger partial charge in [0.2, 0.25) is 0 Å².